The van der Waals surface area contributed by atoms with E-state index in [0.29, 0.717) is 24.3 Å². The molecule has 0 N–H and O–H groups in total. The van der Waals surface area contributed by atoms with E-state index in [9.17, 15) is 4.79 Å². The monoisotopic (exact) mass is 321 g/mol. The van der Waals surface area contributed by atoms with Crippen LogP contribution in [0.4, 0.5) is 0 Å². The Labute approximate surface area is 123 Å². The number of piperidine rings is 1. The first kappa shape index (κ1) is 13.3. The molecule has 1 aromatic carbocycles. The predicted molar refractivity (Wildman–Crippen MR) is 80.2 cm³/mol. The minimum Gasteiger partial charge on any atom is -0.300 e. The van der Waals surface area contributed by atoms with Crippen LogP contribution in [0.25, 0.3) is 0 Å². The molecule has 19 heavy (non-hydrogen) atoms. The van der Waals surface area contributed by atoms with Crippen molar-refractivity contribution in [3.63, 3.8) is 0 Å². The number of ketones is 1. The highest BCUT2D eigenvalue weighted by atomic mass is 79.9. The third-order valence-corrected chi connectivity index (χ3v) is 5.37. The maximum Gasteiger partial charge on any atom is 0.140 e. The normalized spacial score (nSPS) is 30.5. The second-order valence-electron chi connectivity index (χ2n) is 5.99. The Kier molecular flexibility index (Phi) is 3.77. The Morgan fingerprint density at radius 1 is 1.21 bits per heavy atom. The Bertz CT molecular complexity index is 456. The van der Waals surface area contributed by atoms with E-state index in [2.05, 4.69) is 27.9 Å². The highest BCUT2D eigenvalue weighted by Gasteiger charge is 2.40. The molecule has 0 aromatic heterocycles. The average Bonchev–Trinajstić information content (AvgIpc) is 2.64. The molecule has 0 saturated carbocycles. The number of fused-ring (bicyclic) bond motifs is 2. The molecular formula is C16H20BrNO. The van der Waals surface area contributed by atoms with Crippen molar-refractivity contribution in [2.45, 2.75) is 44.2 Å². The average molecular weight is 322 g/mol. The van der Waals surface area contributed by atoms with Gasteiger partial charge in [0.1, 0.15) is 5.78 Å². The van der Waals surface area contributed by atoms with E-state index in [1.165, 1.54) is 12.8 Å². The van der Waals surface area contributed by atoms with Gasteiger partial charge < -0.3 is 4.90 Å². The maximum absolute atomic E-state index is 12.4. The molecule has 1 aromatic rings. The standard InChI is InChI=1S/C16H20BrNO/c1-18-14-6-7-15(18)10-12(9-14)16(19)8-11-2-4-13(17)5-3-11/h2-5,12,14-15H,6-10H2,1H3. The Morgan fingerprint density at radius 3 is 2.37 bits per heavy atom. The van der Waals surface area contributed by atoms with Gasteiger partial charge in [-0.2, -0.15) is 0 Å². The third kappa shape index (κ3) is 2.77. The van der Waals surface area contributed by atoms with E-state index >= 15 is 0 Å². The number of rotatable bonds is 3. The van der Waals surface area contributed by atoms with E-state index < -0.39 is 0 Å². The lowest BCUT2D eigenvalue weighted by Crippen LogP contribution is -2.42. The molecule has 2 unspecified atom stereocenters. The van der Waals surface area contributed by atoms with Gasteiger partial charge in [0.05, 0.1) is 0 Å². The molecule has 3 rings (SSSR count). The van der Waals surface area contributed by atoms with Gasteiger partial charge in [0, 0.05) is 28.9 Å². The van der Waals surface area contributed by atoms with Crippen LogP contribution >= 0.6 is 15.9 Å². The van der Waals surface area contributed by atoms with Crippen LogP contribution < -0.4 is 0 Å². The number of carbonyl (C=O) groups is 1. The molecular weight excluding hydrogens is 302 g/mol. The summed E-state index contributed by atoms with van der Waals surface area (Å²) in [5.41, 5.74) is 1.14. The molecule has 2 aliphatic heterocycles. The number of Topliss-reactive ketones (excluding diaryl/α,β-unsaturated/α-hetero) is 1. The first-order valence-electron chi connectivity index (χ1n) is 7.12. The van der Waals surface area contributed by atoms with E-state index in [1.807, 2.05) is 24.3 Å². The van der Waals surface area contributed by atoms with Gasteiger partial charge in [0.25, 0.3) is 0 Å². The summed E-state index contributed by atoms with van der Waals surface area (Å²) in [5.74, 6) is 0.727. The summed E-state index contributed by atoms with van der Waals surface area (Å²) in [6.07, 6.45) is 5.30. The Hall–Kier alpha value is -0.670. The van der Waals surface area contributed by atoms with Gasteiger partial charge in [-0.25, -0.2) is 0 Å². The van der Waals surface area contributed by atoms with Crippen LogP contribution in [0, 0.1) is 5.92 Å². The zero-order valence-corrected chi connectivity index (χ0v) is 12.9. The summed E-state index contributed by atoms with van der Waals surface area (Å²) in [6, 6.07) is 9.43. The first-order valence-corrected chi connectivity index (χ1v) is 7.92. The highest BCUT2D eigenvalue weighted by Crippen LogP contribution is 2.38. The highest BCUT2D eigenvalue weighted by molar-refractivity contribution is 9.10. The number of hydrogen-bond acceptors (Lipinski definition) is 2. The van der Waals surface area contributed by atoms with Crippen molar-refractivity contribution in [1.29, 1.82) is 0 Å². The van der Waals surface area contributed by atoms with Crippen molar-refractivity contribution in [3.8, 4) is 0 Å². The summed E-state index contributed by atoms with van der Waals surface area (Å²) < 4.78 is 1.07. The summed E-state index contributed by atoms with van der Waals surface area (Å²) in [4.78, 5) is 14.9. The Balaban J connectivity index is 1.64. The fourth-order valence-corrected chi connectivity index (χ4v) is 3.89. The van der Waals surface area contributed by atoms with Crippen molar-refractivity contribution >= 4 is 21.7 Å². The minimum absolute atomic E-state index is 0.289. The molecule has 2 bridgehead atoms. The zero-order valence-electron chi connectivity index (χ0n) is 11.3. The second kappa shape index (κ2) is 5.37. The van der Waals surface area contributed by atoms with Gasteiger partial charge in [-0.15, -0.1) is 0 Å². The topological polar surface area (TPSA) is 20.3 Å². The van der Waals surface area contributed by atoms with Gasteiger partial charge in [0.2, 0.25) is 0 Å². The van der Waals surface area contributed by atoms with Gasteiger partial charge in [-0.3, -0.25) is 4.79 Å². The second-order valence-corrected chi connectivity index (χ2v) is 6.90. The lowest BCUT2D eigenvalue weighted by molar-refractivity contribution is -0.124. The lowest BCUT2D eigenvalue weighted by Gasteiger charge is -2.35. The molecule has 0 radical (unpaired) electrons. The SMILES string of the molecule is CN1C2CCC1CC(C(=O)Cc1ccc(Br)cc1)C2. The van der Waals surface area contributed by atoms with Gasteiger partial charge in [-0.1, -0.05) is 28.1 Å². The van der Waals surface area contributed by atoms with Crippen molar-refractivity contribution in [2.75, 3.05) is 7.05 Å². The van der Waals surface area contributed by atoms with Crippen molar-refractivity contribution in [3.05, 3.63) is 34.3 Å². The largest absolute Gasteiger partial charge is 0.300 e. The maximum atomic E-state index is 12.4. The molecule has 0 aliphatic carbocycles. The van der Waals surface area contributed by atoms with Crippen LogP contribution in [0.1, 0.15) is 31.2 Å². The predicted octanol–water partition coefficient (Wildman–Crippen LogP) is 3.43. The van der Waals surface area contributed by atoms with Crippen molar-refractivity contribution in [2.24, 2.45) is 5.92 Å². The number of nitrogens with zero attached hydrogens (tertiary/aromatic N) is 1. The fraction of sp³-hybridized carbons (Fsp3) is 0.562. The van der Waals surface area contributed by atoms with Gasteiger partial charge in [0.15, 0.2) is 0 Å². The molecule has 3 heteroatoms. The Morgan fingerprint density at radius 2 is 1.79 bits per heavy atom. The minimum atomic E-state index is 0.289. The smallest absolute Gasteiger partial charge is 0.140 e. The van der Waals surface area contributed by atoms with E-state index in [1.54, 1.807) is 0 Å². The molecule has 2 aliphatic rings. The fourth-order valence-electron chi connectivity index (χ4n) is 3.62. The molecule has 0 spiro atoms. The van der Waals surface area contributed by atoms with Crippen LogP contribution in [0.5, 0.6) is 0 Å². The molecule has 2 fully saturated rings. The van der Waals surface area contributed by atoms with Crippen LogP contribution in [0.2, 0.25) is 0 Å². The third-order valence-electron chi connectivity index (χ3n) is 4.85. The van der Waals surface area contributed by atoms with E-state index in [4.69, 9.17) is 0 Å². The van der Waals surface area contributed by atoms with Crippen LogP contribution in [-0.4, -0.2) is 29.8 Å². The number of carbonyl (C=O) groups excluding carboxylic acids is 1. The molecule has 2 saturated heterocycles. The number of benzene rings is 1. The van der Waals surface area contributed by atoms with Crippen molar-refractivity contribution < 1.29 is 4.79 Å². The van der Waals surface area contributed by atoms with Crippen molar-refractivity contribution in [1.82, 2.24) is 4.90 Å². The summed E-state index contributed by atoms with van der Waals surface area (Å²) in [7, 11) is 2.22. The zero-order chi connectivity index (χ0) is 13.4. The van der Waals surface area contributed by atoms with Crippen LogP contribution in [0.15, 0.2) is 28.7 Å². The van der Waals surface area contributed by atoms with Crippen LogP contribution in [0.3, 0.4) is 0 Å². The molecule has 0 amide bonds. The number of halogens is 1. The van der Waals surface area contributed by atoms with E-state index in [0.717, 1.165) is 22.9 Å². The summed E-state index contributed by atoms with van der Waals surface area (Å²) >= 11 is 3.43. The molecule has 2 heterocycles. The van der Waals surface area contributed by atoms with Gasteiger partial charge in [-0.05, 0) is 50.4 Å². The molecule has 2 atom stereocenters. The van der Waals surface area contributed by atoms with Crippen LogP contribution in [-0.2, 0) is 11.2 Å². The molecule has 2 nitrogen and oxygen atoms in total. The summed E-state index contributed by atoms with van der Waals surface area (Å²) in [5, 5.41) is 0. The van der Waals surface area contributed by atoms with Gasteiger partial charge >= 0.3 is 0 Å². The number of hydrogen-bond donors (Lipinski definition) is 0. The van der Waals surface area contributed by atoms with E-state index in [-0.39, 0.29) is 5.92 Å². The summed E-state index contributed by atoms with van der Waals surface area (Å²) in [6.45, 7) is 0. The molecule has 102 valence electrons. The lowest BCUT2D eigenvalue weighted by atomic mass is 9.85. The first-order chi connectivity index (χ1) is 9.13. The quantitative estimate of drug-likeness (QED) is 0.850.